The number of carboxylic acids is 1. The predicted octanol–water partition coefficient (Wildman–Crippen LogP) is 1.91. The Morgan fingerprint density at radius 1 is 1.45 bits per heavy atom. The Labute approximate surface area is 119 Å². The summed E-state index contributed by atoms with van der Waals surface area (Å²) in [5, 5.41) is 13.8. The van der Waals surface area contributed by atoms with Gasteiger partial charge >= 0.3 is 5.97 Å². The normalized spacial score (nSPS) is 10.2. The number of thiazole rings is 1. The van der Waals surface area contributed by atoms with Gasteiger partial charge in [-0.25, -0.2) is 9.78 Å². The van der Waals surface area contributed by atoms with E-state index in [4.69, 9.17) is 10.8 Å². The van der Waals surface area contributed by atoms with Gasteiger partial charge in [0.1, 0.15) is 0 Å². The number of nitrogens with one attached hydrogen (secondary N) is 1. The topological polar surface area (TPSA) is 105 Å². The van der Waals surface area contributed by atoms with Crippen LogP contribution in [0.2, 0.25) is 0 Å². The van der Waals surface area contributed by atoms with Gasteiger partial charge in [-0.2, -0.15) is 0 Å². The van der Waals surface area contributed by atoms with Crippen LogP contribution in [0, 0.1) is 6.92 Å². The van der Waals surface area contributed by atoms with Gasteiger partial charge in [0.2, 0.25) is 5.91 Å². The number of amides is 1. The molecule has 0 unspecified atom stereocenters. The third kappa shape index (κ3) is 3.33. The number of aryl methyl sites for hydroxylation is 1. The predicted molar refractivity (Wildman–Crippen MR) is 77.0 cm³/mol. The maximum atomic E-state index is 11.9. The van der Waals surface area contributed by atoms with Crippen LogP contribution >= 0.6 is 11.3 Å². The molecule has 2 aromatic rings. The average molecular weight is 291 g/mol. The standard InChI is InChI=1S/C13H13N3O3S/c1-7-2-3-10(9(4-7)12(18)19)16-11(17)5-8-6-20-13(14)15-8/h2-4,6H,5H2,1H3,(H2,14,15)(H,16,17)(H,18,19). The maximum Gasteiger partial charge on any atom is 0.337 e. The fourth-order valence-electron chi connectivity index (χ4n) is 1.71. The summed E-state index contributed by atoms with van der Waals surface area (Å²) in [6.45, 7) is 1.79. The Hall–Kier alpha value is -2.41. The summed E-state index contributed by atoms with van der Waals surface area (Å²) in [7, 11) is 0. The summed E-state index contributed by atoms with van der Waals surface area (Å²) in [6, 6.07) is 4.83. The number of aromatic nitrogens is 1. The third-order valence-corrected chi connectivity index (χ3v) is 3.31. The number of carboxylic acid groups (broad SMARTS) is 1. The molecule has 6 nitrogen and oxygen atoms in total. The Kier molecular flexibility index (Phi) is 3.99. The molecule has 0 saturated carbocycles. The number of aromatic carboxylic acids is 1. The van der Waals surface area contributed by atoms with E-state index in [1.807, 2.05) is 0 Å². The lowest BCUT2D eigenvalue weighted by molar-refractivity contribution is -0.115. The smallest absolute Gasteiger partial charge is 0.337 e. The van der Waals surface area contributed by atoms with Gasteiger partial charge in [-0.3, -0.25) is 4.79 Å². The zero-order valence-corrected chi connectivity index (χ0v) is 11.5. The number of carbonyl (C=O) groups is 2. The number of hydrogen-bond donors (Lipinski definition) is 3. The van der Waals surface area contributed by atoms with Gasteiger partial charge in [0.25, 0.3) is 0 Å². The molecule has 1 heterocycles. The molecule has 20 heavy (non-hydrogen) atoms. The molecule has 0 fully saturated rings. The second-order valence-electron chi connectivity index (χ2n) is 4.26. The van der Waals surface area contributed by atoms with Gasteiger partial charge in [-0.05, 0) is 19.1 Å². The first-order chi connectivity index (χ1) is 9.45. The van der Waals surface area contributed by atoms with Gasteiger partial charge in [-0.1, -0.05) is 11.6 Å². The number of hydrogen-bond acceptors (Lipinski definition) is 5. The number of anilines is 2. The Morgan fingerprint density at radius 2 is 2.20 bits per heavy atom. The molecule has 0 bridgehead atoms. The monoisotopic (exact) mass is 291 g/mol. The minimum Gasteiger partial charge on any atom is -0.478 e. The molecular formula is C13H13N3O3S. The van der Waals surface area contributed by atoms with Gasteiger partial charge in [-0.15, -0.1) is 11.3 Å². The molecule has 0 spiro atoms. The van der Waals surface area contributed by atoms with Gasteiger partial charge in [0.05, 0.1) is 23.4 Å². The second kappa shape index (κ2) is 5.70. The van der Waals surface area contributed by atoms with E-state index in [0.29, 0.717) is 10.8 Å². The molecule has 0 atom stereocenters. The van der Waals surface area contributed by atoms with Crippen LogP contribution in [0.4, 0.5) is 10.8 Å². The van der Waals surface area contributed by atoms with E-state index in [0.717, 1.165) is 5.56 Å². The summed E-state index contributed by atoms with van der Waals surface area (Å²) in [5.41, 5.74) is 7.20. The number of benzene rings is 1. The quantitative estimate of drug-likeness (QED) is 0.798. The lowest BCUT2D eigenvalue weighted by Gasteiger charge is -2.08. The van der Waals surface area contributed by atoms with E-state index < -0.39 is 5.97 Å². The highest BCUT2D eigenvalue weighted by Gasteiger charge is 2.13. The highest BCUT2D eigenvalue weighted by atomic mass is 32.1. The van der Waals surface area contributed by atoms with Crippen LogP contribution in [0.25, 0.3) is 0 Å². The lowest BCUT2D eigenvalue weighted by Crippen LogP contribution is -2.17. The van der Waals surface area contributed by atoms with Crippen molar-refractivity contribution in [2.75, 3.05) is 11.1 Å². The van der Waals surface area contributed by atoms with Crippen LogP contribution in [-0.4, -0.2) is 22.0 Å². The fourth-order valence-corrected chi connectivity index (χ4v) is 2.27. The maximum absolute atomic E-state index is 11.9. The average Bonchev–Trinajstić information content (AvgIpc) is 2.76. The summed E-state index contributed by atoms with van der Waals surface area (Å²) < 4.78 is 0. The lowest BCUT2D eigenvalue weighted by atomic mass is 10.1. The van der Waals surface area contributed by atoms with Crippen molar-refractivity contribution in [2.24, 2.45) is 0 Å². The minimum atomic E-state index is -1.08. The molecule has 0 aliphatic rings. The molecule has 104 valence electrons. The zero-order valence-electron chi connectivity index (χ0n) is 10.7. The summed E-state index contributed by atoms with van der Waals surface area (Å²) >= 11 is 1.26. The number of carbonyl (C=O) groups excluding carboxylic acids is 1. The van der Waals surface area contributed by atoms with Crippen molar-refractivity contribution in [2.45, 2.75) is 13.3 Å². The van der Waals surface area contributed by atoms with E-state index in [-0.39, 0.29) is 23.6 Å². The minimum absolute atomic E-state index is 0.0562. The second-order valence-corrected chi connectivity index (χ2v) is 5.15. The molecule has 4 N–H and O–H groups in total. The number of nitrogen functional groups attached to an aromatic ring is 1. The van der Waals surface area contributed by atoms with Crippen LogP contribution in [0.5, 0.6) is 0 Å². The van der Waals surface area contributed by atoms with E-state index in [1.54, 1.807) is 24.4 Å². The molecule has 0 radical (unpaired) electrons. The van der Waals surface area contributed by atoms with Crippen molar-refractivity contribution in [3.05, 3.63) is 40.4 Å². The van der Waals surface area contributed by atoms with Crippen LogP contribution in [-0.2, 0) is 11.2 Å². The molecule has 1 aromatic heterocycles. The fraction of sp³-hybridized carbons (Fsp3) is 0.154. The third-order valence-electron chi connectivity index (χ3n) is 2.59. The van der Waals surface area contributed by atoms with Crippen LogP contribution in [0.15, 0.2) is 23.6 Å². The van der Waals surface area contributed by atoms with E-state index in [9.17, 15) is 9.59 Å². The Balaban J connectivity index is 2.13. The van der Waals surface area contributed by atoms with Crippen molar-refractivity contribution in [1.29, 1.82) is 0 Å². The highest BCUT2D eigenvalue weighted by Crippen LogP contribution is 2.18. The van der Waals surface area contributed by atoms with Crippen molar-refractivity contribution < 1.29 is 14.7 Å². The van der Waals surface area contributed by atoms with Crippen LogP contribution < -0.4 is 11.1 Å². The number of rotatable bonds is 4. The first kappa shape index (κ1) is 14.0. The molecule has 7 heteroatoms. The number of nitrogens with two attached hydrogens (primary N) is 1. The van der Waals surface area contributed by atoms with Gasteiger partial charge in [0.15, 0.2) is 5.13 Å². The molecular weight excluding hydrogens is 278 g/mol. The summed E-state index contributed by atoms with van der Waals surface area (Å²) in [6.07, 6.45) is 0.0562. The van der Waals surface area contributed by atoms with Crippen molar-refractivity contribution in [3.8, 4) is 0 Å². The van der Waals surface area contributed by atoms with Crippen molar-refractivity contribution >= 4 is 34.0 Å². The van der Waals surface area contributed by atoms with E-state index in [1.165, 1.54) is 17.4 Å². The first-order valence-corrected chi connectivity index (χ1v) is 6.67. The zero-order chi connectivity index (χ0) is 14.7. The van der Waals surface area contributed by atoms with E-state index in [2.05, 4.69) is 10.3 Å². The molecule has 0 saturated heterocycles. The summed E-state index contributed by atoms with van der Waals surface area (Å²) in [4.78, 5) is 27.0. The highest BCUT2D eigenvalue weighted by molar-refractivity contribution is 7.13. The molecule has 0 aliphatic carbocycles. The first-order valence-electron chi connectivity index (χ1n) is 5.79. The van der Waals surface area contributed by atoms with E-state index >= 15 is 0 Å². The molecule has 2 rings (SSSR count). The van der Waals surface area contributed by atoms with Gasteiger partial charge < -0.3 is 16.2 Å². The number of nitrogens with zero attached hydrogens (tertiary/aromatic N) is 1. The largest absolute Gasteiger partial charge is 0.478 e. The van der Waals surface area contributed by atoms with Crippen LogP contribution in [0.3, 0.4) is 0 Å². The molecule has 1 amide bonds. The Morgan fingerprint density at radius 3 is 2.80 bits per heavy atom. The molecule has 1 aromatic carbocycles. The summed E-state index contributed by atoms with van der Waals surface area (Å²) in [5.74, 6) is -1.41. The Bertz CT molecular complexity index is 667. The molecule has 0 aliphatic heterocycles. The van der Waals surface area contributed by atoms with Crippen LogP contribution in [0.1, 0.15) is 21.6 Å². The van der Waals surface area contributed by atoms with Crippen molar-refractivity contribution in [3.63, 3.8) is 0 Å². The van der Waals surface area contributed by atoms with Gasteiger partial charge in [0, 0.05) is 5.38 Å². The van der Waals surface area contributed by atoms with Crippen molar-refractivity contribution in [1.82, 2.24) is 4.98 Å². The SMILES string of the molecule is Cc1ccc(NC(=O)Cc2csc(N)n2)c(C(=O)O)c1.